The van der Waals surface area contributed by atoms with E-state index in [2.05, 4.69) is 0 Å². The lowest BCUT2D eigenvalue weighted by molar-refractivity contribution is 0.582. The monoisotopic (exact) mass is 181 g/mol. The molecule has 0 saturated heterocycles. The minimum absolute atomic E-state index is 0.0959. The molecule has 13 heavy (non-hydrogen) atoms. The third kappa shape index (κ3) is 2.07. The molecule has 0 amide bonds. The normalized spacial score (nSPS) is 13.0. The van der Waals surface area contributed by atoms with Crippen molar-refractivity contribution in [3.8, 4) is 0 Å². The van der Waals surface area contributed by atoms with Crippen LogP contribution in [0.5, 0.6) is 0 Å². The largest absolute Gasteiger partial charge is 0.330 e. The van der Waals surface area contributed by atoms with E-state index in [9.17, 15) is 4.39 Å². The van der Waals surface area contributed by atoms with E-state index >= 15 is 0 Å². The van der Waals surface area contributed by atoms with Gasteiger partial charge in [-0.2, -0.15) is 0 Å². The SMILES string of the molecule is Cc1cc(C)c(F)c(C(C)CN)c1. The molecule has 0 heterocycles. The minimum Gasteiger partial charge on any atom is -0.330 e. The van der Waals surface area contributed by atoms with E-state index in [0.29, 0.717) is 12.1 Å². The average molecular weight is 181 g/mol. The zero-order chi connectivity index (χ0) is 10.0. The van der Waals surface area contributed by atoms with Crippen LogP contribution in [-0.4, -0.2) is 6.54 Å². The molecule has 1 aromatic rings. The van der Waals surface area contributed by atoms with Crippen molar-refractivity contribution in [1.82, 2.24) is 0 Å². The van der Waals surface area contributed by atoms with E-state index in [1.807, 2.05) is 26.0 Å². The summed E-state index contributed by atoms with van der Waals surface area (Å²) in [7, 11) is 0. The summed E-state index contributed by atoms with van der Waals surface area (Å²) in [4.78, 5) is 0. The predicted octanol–water partition coefficient (Wildman–Crippen LogP) is 2.50. The molecule has 1 nitrogen and oxygen atoms in total. The molecule has 0 fully saturated rings. The fourth-order valence-electron chi connectivity index (χ4n) is 1.47. The molecule has 0 spiro atoms. The summed E-state index contributed by atoms with van der Waals surface area (Å²) in [5.74, 6) is -0.0119. The lowest BCUT2D eigenvalue weighted by atomic mass is 9.96. The number of nitrogens with two attached hydrogens (primary N) is 1. The van der Waals surface area contributed by atoms with Crippen molar-refractivity contribution in [3.63, 3.8) is 0 Å². The topological polar surface area (TPSA) is 26.0 Å². The molecular formula is C11H16FN. The molecule has 0 aromatic heterocycles. The lowest BCUT2D eigenvalue weighted by Crippen LogP contribution is -2.11. The van der Waals surface area contributed by atoms with Gasteiger partial charge in [0.25, 0.3) is 0 Å². The Kier molecular flexibility index (Phi) is 3.04. The maximum absolute atomic E-state index is 13.6. The molecule has 0 bridgehead atoms. The van der Waals surface area contributed by atoms with Gasteiger partial charge in [-0.05, 0) is 37.4 Å². The summed E-state index contributed by atoms with van der Waals surface area (Å²) in [6, 6.07) is 3.72. The van der Waals surface area contributed by atoms with Gasteiger partial charge in [-0.25, -0.2) is 4.39 Å². The quantitative estimate of drug-likeness (QED) is 0.745. The summed E-state index contributed by atoms with van der Waals surface area (Å²) in [5, 5.41) is 0. The molecule has 0 aliphatic rings. The Morgan fingerprint density at radius 1 is 1.38 bits per heavy atom. The standard InChI is InChI=1S/C11H16FN/c1-7-4-8(2)11(12)10(5-7)9(3)6-13/h4-5,9H,6,13H2,1-3H3. The van der Waals surface area contributed by atoms with Crippen LogP contribution in [0.4, 0.5) is 4.39 Å². The number of benzene rings is 1. The molecule has 2 N–H and O–H groups in total. The van der Waals surface area contributed by atoms with Gasteiger partial charge in [-0.15, -0.1) is 0 Å². The van der Waals surface area contributed by atoms with E-state index < -0.39 is 0 Å². The average Bonchev–Trinajstić information content (AvgIpc) is 2.10. The Morgan fingerprint density at radius 2 is 2.00 bits per heavy atom. The van der Waals surface area contributed by atoms with Crippen LogP contribution < -0.4 is 5.73 Å². The highest BCUT2D eigenvalue weighted by Gasteiger charge is 2.11. The smallest absolute Gasteiger partial charge is 0.129 e. The van der Waals surface area contributed by atoms with Crippen molar-refractivity contribution in [3.05, 3.63) is 34.6 Å². The summed E-state index contributed by atoms with van der Waals surface area (Å²) >= 11 is 0. The first kappa shape index (κ1) is 10.2. The zero-order valence-electron chi connectivity index (χ0n) is 8.39. The Morgan fingerprint density at radius 3 is 2.54 bits per heavy atom. The molecular weight excluding hydrogens is 165 g/mol. The molecule has 1 unspecified atom stereocenters. The van der Waals surface area contributed by atoms with Crippen molar-refractivity contribution in [1.29, 1.82) is 0 Å². The van der Waals surface area contributed by atoms with Crippen LogP contribution in [0.25, 0.3) is 0 Å². The zero-order valence-corrected chi connectivity index (χ0v) is 8.39. The van der Waals surface area contributed by atoms with Gasteiger partial charge in [-0.1, -0.05) is 24.6 Å². The van der Waals surface area contributed by atoms with Crippen LogP contribution in [0.1, 0.15) is 29.5 Å². The molecule has 0 saturated carbocycles. The van der Waals surface area contributed by atoms with E-state index in [1.54, 1.807) is 6.92 Å². The van der Waals surface area contributed by atoms with Gasteiger partial charge in [0.1, 0.15) is 5.82 Å². The molecule has 1 aromatic carbocycles. The Hall–Kier alpha value is -0.890. The van der Waals surface area contributed by atoms with Crippen LogP contribution in [0.3, 0.4) is 0 Å². The van der Waals surface area contributed by atoms with Crippen LogP contribution in [0, 0.1) is 19.7 Å². The number of aryl methyl sites for hydroxylation is 2. The highest BCUT2D eigenvalue weighted by molar-refractivity contribution is 5.32. The molecule has 2 heteroatoms. The Labute approximate surface area is 78.8 Å². The molecule has 0 radical (unpaired) electrons. The molecule has 72 valence electrons. The summed E-state index contributed by atoms with van der Waals surface area (Å²) in [6.45, 7) is 6.19. The summed E-state index contributed by atoms with van der Waals surface area (Å²) in [5.41, 5.74) is 8.04. The summed E-state index contributed by atoms with van der Waals surface area (Å²) < 4.78 is 13.6. The fraction of sp³-hybridized carbons (Fsp3) is 0.455. The van der Waals surface area contributed by atoms with Gasteiger partial charge in [0.15, 0.2) is 0 Å². The molecule has 0 aliphatic carbocycles. The van der Waals surface area contributed by atoms with Gasteiger partial charge < -0.3 is 5.73 Å². The Bertz CT molecular complexity index is 307. The lowest BCUT2D eigenvalue weighted by Gasteiger charge is -2.12. The summed E-state index contributed by atoms with van der Waals surface area (Å²) in [6.07, 6.45) is 0. The number of hydrogen-bond donors (Lipinski definition) is 1. The van der Waals surface area contributed by atoms with Gasteiger partial charge >= 0.3 is 0 Å². The third-order valence-electron chi connectivity index (χ3n) is 2.31. The van der Waals surface area contributed by atoms with E-state index in [1.165, 1.54) is 0 Å². The van der Waals surface area contributed by atoms with Crippen LogP contribution >= 0.6 is 0 Å². The van der Waals surface area contributed by atoms with E-state index in [0.717, 1.165) is 11.1 Å². The predicted molar refractivity (Wildman–Crippen MR) is 53.3 cm³/mol. The second-order valence-electron chi connectivity index (χ2n) is 3.62. The van der Waals surface area contributed by atoms with Gasteiger partial charge in [-0.3, -0.25) is 0 Å². The molecule has 1 atom stereocenters. The molecule has 0 aliphatic heterocycles. The van der Waals surface area contributed by atoms with Gasteiger partial charge in [0.05, 0.1) is 0 Å². The number of hydrogen-bond acceptors (Lipinski definition) is 1. The maximum atomic E-state index is 13.6. The van der Waals surface area contributed by atoms with Crippen LogP contribution in [0.2, 0.25) is 0 Å². The van der Waals surface area contributed by atoms with Crippen molar-refractivity contribution in [2.24, 2.45) is 5.73 Å². The second kappa shape index (κ2) is 3.88. The molecule has 1 rings (SSSR count). The van der Waals surface area contributed by atoms with E-state index in [4.69, 9.17) is 5.73 Å². The second-order valence-corrected chi connectivity index (χ2v) is 3.62. The van der Waals surface area contributed by atoms with E-state index in [-0.39, 0.29) is 11.7 Å². The van der Waals surface area contributed by atoms with Crippen LogP contribution in [0.15, 0.2) is 12.1 Å². The first-order chi connectivity index (χ1) is 6.06. The first-order valence-electron chi connectivity index (χ1n) is 4.53. The first-order valence-corrected chi connectivity index (χ1v) is 4.53. The van der Waals surface area contributed by atoms with Crippen molar-refractivity contribution in [2.45, 2.75) is 26.7 Å². The fourth-order valence-corrected chi connectivity index (χ4v) is 1.47. The highest BCUT2D eigenvalue weighted by atomic mass is 19.1. The van der Waals surface area contributed by atoms with Crippen molar-refractivity contribution in [2.75, 3.05) is 6.54 Å². The highest BCUT2D eigenvalue weighted by Crippen LogP contribution is 2.22. The Balaban J connectivity index is 3.20. The maximum Gasteiger partial charge on any atom is 0.129 e. The number of halogens is 1. The third-order valence-corrected chi connectivity index (χ3v) is 2.31. The van der Waals surface area contributed by atoms with Gasteiger partial charge in [0, 0.05) is 0 Å². The number of rotatable bonds is 2. The van der Waals surface area contributed by atoms with Crippen molar-refractivity contribution < 1.29 is 4.39 Å². The van der Waals surface area contributed by atoms with Gasteiger partial charge in [0.2, 0.25) is 0 Å². The van der Waals surface area contributed by atoms with Crippen LogP contribution in [-0.2, 0) is 0 Å². The van der Waals surface area contributed by atoms with Crippen molar-refractivity contribution >= 4 is 0 Å². The minimum atomic E-state index is -0.108.